The molecule has 1 saturated heterocycles. The number of hydrogen-bond acceptors (Lipinski definition) is 3. The normalized spacial score (nSPS) is 17.5. The third-order valence-electron chi connectivity index (χ3n) is 4.10. The van der Waals surface area contributed by atoms with Gasteiger partial charge in [0.2, 0.25) is 5.91 Å². The number of hydrogen-bond donors (Lipinski definition) is 2. The van der Waals surface area contributed by atoms with Gasteiger partial charge >= 0.3 is 0 Å². The van der Waals surface area contributed by atoms with Crippen molar-refractivity contribution in [3.63, 3.8) is 0 Å². The molecule has 22 heavy (non-hydrogen) atoms. The highest BCUT2D eigenvalue weighted by Gasteiger charge is 2.26. The van der Waals surface area contributed by atoms with E-state index in [0.29, 0.717) is 13.2 Å². The highest BCUT2D eigenvalue weighted by atomic mass is 35.5. The Morgan fingerprint density at radius 1 is 1.23 bits per heavy atom. The first-order valence-corrected chi connectivity index (χ1v) is 7.62. The molecule has 1 atom stereocenters. The first kappa shape index (κ1) is 18.9. The van der Waals surface area contributed by atoms with Gasteiger partial charge in [-0.2, -0.15) is 0 Å². The molecule has 1 aliphatic rings. The molecule has 0 radical (unpaired) electrons. The van der Waals surface area contributed by atoms with E-state index >= 15 is 0 Å². The number of nitrogens with two attached hydrogens (primary N) is 1. The first-order chi connectivity index (χ1) is 9.88. The molecule has 2 rings (SSSR count). The molecule has 1 heterocycles. The lowest BCUT2D eigenvalue weighted by atomic mass is 9.87. The molecule has 1 aromatic rings. The van der Waals surface area contributed by atoms with Gasteiger partial charge in [-0.3, -0.25) is 4.79 Å². The minimum absolute atomic E-state index is 0. The summed E-state index contributed by atoms with van der Waals surface area (Å²) in [7, 11) is 0. The number of halogens is 1. The van der Waals surface area contributed by atoms with Crippen LogP contribution < -0.4 is 11.1 Å². The topological polar surface area (TPSA) is 64.4 Å². The van der Waals surface area contributed by atoms with Gasteiger partial charge in [-0.15, -0.1) is 12.4 Å². The van der Waals surface area contributed by atoms with Crippen LogP contribution in [0.25, 0.3) is 0 Å². The molecule has 1 aromatic carbocycles. The van der Waals surface area contributed by atoms with Gasteiger partial charge in [0.15, 0.2) is 0 Å². The van der Waals surface area contributed by atoms with Crippen LogP contribution in [0.3, 0.4) is 0 Å². The van der Waals surface area contributed by atoms with Gasteiger partial charge in [0.1, 0.15) is 0 Å². The number of benzene rings is 1. The molecular formula is C17H27ClN2O2. The second kappa shape index (κ2) is 7.95. The summed E-state index contributed by atoms with van der Waals surface area (Å²) in [5.41, 5.74) is 8.23. The molecule has 124 valence electrons. The second-order valence-corrected chi connectivity index (χ2v) is 6.79. The maximum Gasteiger partial charge on any atom is 0.241 e. The minimum Gasteiger partial charge on any atom is -0.381 e. The lowest BCUT2D eigenvalue weighted by Gasteiger charge is -2.26. The van der Waals surface area contributed by atoms with Gasteiger partial charge in [-0.25, -0.2) is 0 Å². The molecule has 1 unspecified atom stereocenters. The molecule has 1 fully saturated rings. The number of amides is 1. The number of carbonyl (C=O) groups excluding carboxylic acids is 1. The van der Waals surface area contributed by atoms with Crippen molar-refractivity contribution in [2.45, 2.75) is 45.1 Å². The quantitative estimate of drug-likeness (QED) is 0.897. The van der Waals surface area contributed by atoms with Crippen molar-refractivity contribution in [1.82, 2.24) is 0 Å². The van der Waals surface area contributed by atoms with Crippen molar-refractivity contribution in [2.75, 3.05) is 18.5 Å². The Morgan fingerprint density at radius 3 is 2.27 bits per heavy atom. The Balaban J connectivity index is 0.00000242. The average molecular weight is 327 g/mol. The summed E-state index contributed by atoms with van der Waals surface area (Å²) in [5, 5.41) is 2.91. The van der Waals surface area contributed by atoms with Crippen LogP contribution in [0.5, 0.6) is 0 Å². The van der Waals surface area contributed by atoms with Crippen LogP contribution in [-0.2, 0) is 14.9 Å². The molecule has 0 aliphatic carbocycles. The van der Waals surface area contributed by atoms with Crippen molar-refractivity contribution < 1.29 is 9.53 Å². The van der Waals surface area contributed by atoms with E-state index in [4.69, 9.17) is 10.5 Å². The van der Waals surface area contributed by atoms with Crippen molar-refractivity contribution in [2.24, 2.45) is 11.7 Å². The lowest BCUT2D eigenvalue weighted by molar-refractivity contribution is -0.119. The van der Waals surface area contributed by atoms with Gasteiger partial charge < -0.3 is 15.8 Å². The summed E-state index contributed by atoms with van der Waals surface area (Å²) in [6.45, 7) is 7.91. The molecule has 4 nitrogen and oxygen atoms in total. The van der Waals surface area contributed by atoms with Crippen molar-refractivity contribution in [3.8, 4) is 0 Å². The third-order valence-corrected chi connectivity index (χ3v) is 4.10. The number of rotatable bonds is 3. The molecule has 0 aromatic heterocycles. The zero-order valence-electron chi connectivity index (χ0n) is 13.6. The lowest BCUT2D eigenvalue weighted by Crippen LogP contribution is -2.44. The summed E-state index contributed by atoms with van der Waals surface area (Å²) in [5.74, 6) is 0.109. The molecule has 0 saturated carbocycles. The van der Waals surface area contributed by atoms with E-state index < -0.39 is 6.04 Å². The number of carbonyl (C=O) groups is 1. The predicted molar refractivity (Wildman–Crippen MR) is 92.5 cm³/mol. The molecule has 1 aliphatic heterocycles. The van der Waals surface area contributed by atoms with E-state index in [0.717, 1.165) is 18.5 Å². The highest BCUT2D eigenvalue weighted by Crippen LogP contribution is 2.24. The fourth-order valence-electron chi connectivity index (χ4n) is 2.57. The highest BCUT2D eigenvalue weighted by molar-refractivity contribution is 5.94. The van der Waals surface area contributed by atoms with Crippen LogP contribution in [0.2, 0.25) is 0 Å². The van der Waals surface area contributed by atoms with Gasteiger partial charge in [-0.1, -0.05) is 32.9 Å². The molecule has 3 N–H and O–H groups in total. The van der Waals surface area contributed by atoms with Crippen LogP contribution in [0.1, 0.15) is 39.2 Å². The van der Waals surface area contributed by atoms with Crippen LogP contribution in [-0.4, -0.2) is 25.2 Å². The van der Waals surface area contributed by atoms with E-state index in [1.165, 1.54) is 5.56 Å². The smallest absolute Gasteiger partial charge is 0.241 e. The summed E-state index contributed by atoms with van der Waals surface area (Å²) >= 11 is 0. The summed E-state index contributed by atoms with van der Waals surface area (Å²) < 4.78 is 5.31. The zero-order chi connectivity index (χ0) is 15.5. The van der Waals surface area contributed by atoms with Gasteiger partial charge in [0.05, 0.1) is 6.04 Å². The fourth-order valence-corrected chi connectivity index (χ4v) is 2.57. The third kappa shape index (κ3) is 4.97. The van der Waals surface area contributed by atoms with E-state index in [2.05, 4.69) is 38.2 Å². The van der Waals surface area contributed by atoms with Crippen LogP contribution >= 0.6 is 12.4 Å². The van der Waals surface area contributed by atoms with Crippen molar-refractivity contribution in [3.05, 3.63) is 29.8 Å². The van der Waals surface area contributed by atoms with E-state index in [-0.39, 0.29) is 29.6 Å². The average Bonchev–Trinajstić information content (AvgIpc) is 2.47. The first-order valence-electron chi connectivity index (χ1n) is 7.62. The molecule has 1 amide bonds. The fraction of sp³-hybridized carbons (Fsp3) is 0.588. The van der Waals surface area contributed by atoms with Crippen molar-refractivity contribution in [1.29, 1.82) is 0 Å². The van der Waals surface area contributed by atoms with Crippen LogP contribution in [0.15, 0.2) is 24.3 Å². The summed E-state index contributed by atoms with van der Waals surface area (Å²) in [6.07, 6.45) is 1.72. The Hall–Kier alpha value is -1.10. The molecule has 0 bridgehead atoms. The maximum atomic E-state index is 12.2. The largest absolute Gasteiger partial charge is 0.381 e. The monoisotopic (exact) mass is 326 g/mol. The predicted octanol–water partition coefficient (Wildman–Crippen LogP) is 3.10. The maximum absolute atomic E-state index is 12.2. The van der Waals surface area contributed by atoms with Crippen LogP contribution in [0.4, 0.5) is 5.69 Å². The number of nitrogens with one attached hydrogen (secondary N) is 1. The SMILES string of the molecule is CC(C)(C)c1ccc(NC(=O)C(N)C2CCOCC2)cc1.Cl. The van der Waals surface area contributed by atoms with Crippen LogP contribution in [0, 0.1) is 5.92 Å². The molecular weight excluding hydrogens is 300 g/mol. The minimum atomic E-state index is -0.462. The van der Waals surface area contributed by atoms with Crippen molar-refractivity contribution >= 4 is 24.0 Å². The summed E-state index contributed by atoms with van der Waals surface area (Å²) in [6, 6.07) is 7.52. The second-order valence-electron chi connectivity index (χ2n) is 6.79. The Kier molecular flexibility index (Phi) is 6.85. The Morgan fingerprint density at radius 2 is 1.77 bits per heavy atom. The van der Waals surface area contributed by atoms with E-state index in [9.17, 15) is 4.79 Å². The standard InChI is InChI=1S/C17H26N2O2.ClH/c1-17(2,3)13-4-6-14(7-5-13)19-16(20)15(18)12-8-10-21-11-9-12;/h4-7,12,15H,8-11,18H2,1-3H3,(H,19,20);1H. The van der Waals surface area contributed by atoms with E-state index in [1.54, 1.807) is 0 Å². The van der Waals surface area contributed by atoms with E-state index in [1.807, 2.05) is 12.1 Å². The van der Waals surface area contributed by atoms with Gasteiger partial charge in [0, 0.05) is 18.9 Å². The van der Waals surface area contributed by atoms with Gasteiger partial charge in [-0.05, 0) is 41.9 Å². The molecule has 5 heteroatoms. The summed E-state index contributed by atoms with van der Waals surface area (Å²) in [4.78, 5) is 12.2. The Bertz CT molecular complexity index is 476. The Labute approximate surface area is 139 Å². The zero-order valence-corrected chi connectivity index (χ0v) is 14.4. The van der Waals surface area contributed by atoms with Gasteiger partial charge in [0.25, 0.3) is 0 Å². The number of ether oxygens (including phenoxy) is 1. The number of anilines is 1. The molecule has 0 spiro atoms.